The molecule has 0 bridgehead atoms. The van der Waals surface area contributed by atoms with E-state index >= 15 is 0 Å². The zero-order chi connectivity index (χ0) is 16.9. The van der Waals surface area contributed by atoms with E-state index in [0.717, 1.165) is 28.3 Å². The molecule has 0 saturated carbocycles. The topological polar surface area (TPSA) is 39.6 Å². The molecule has 2 aromatic heterocycles. The lowest BCUT2D eigenvalue weighted by atomic mass is 10.0. The Kier molecular flexibility index (Phi) is 4.21. The third kappa shape index (κ3) is 3.56. The summed E-state index contributed by atoms with van der Waals surface area (Å²) in [7, 11) is 0. The first-order valence-corrected chi connectivity index (χ1v) is 8.16. The van der Waals surface area contributed by atoms with Crippen molar-refractivity contribution in [3.63, 3.8) is 0 Å². The molecule has 0 saturated heterocycles. The number of rotatable bonds is 3. The second kappa shape index (κ2) is 6.97. The number of pyridine rings is 1. The van der Waals surface area contributed by atoms with Crippen LogP contribution in [0.3, 0.4) is 0 Å². The SMILES string of the molecule is c1ccc(-c2cc(-c3ccccc3)oc(=Nc3cccc[nH+]3)c2)cc1. The van der Waals surface area contributed by atoms with Crippen LogP contribution in [0.4, 0.5) is 5.82 Å². The molecule has 4 rings (SSSR count). The Morgan fingerprint density at radius 3 is 2.00 bits per heavy atom. The Morgan fingerprint density at radius 2 is 1.32 bits per heavy atom. The van der Waals surface area contributed by atoms with Crippen LogP contribution < -0.4 is 10.5 Å². The summed E-state index contributed by atoms with van der Waals surface area (Å²) in [6.07, 6.45) is 1.85. The van der Waals surface area contributed by atoms with Gasteiger partial charge < -0.3 is 4.42 Å². The second-order valence-electron chi connectivity index (χ2n) is 5.64. The standard InChI is InChI=1S/C22H16N2O/c1-3-9-17(10-4-1)19-15-20(18-11-5-2-6-12-18)25-22(16-19)24-21-13-7-8-14-23-21/h1-16H/p+1. The van der Waals surface area contributed by atoms with Gasteiger partial charge in [-0.05, 0) is 28.3 Å². The minimum absolute atomic E-state index is 0.558. The van der Waals surface area contributed by atoms with E-state index in [1.54, 1.807) is 0 Å². The normalized spacial score (nSPS) is 11.4. The van der Waals surface area contributed by atoms with E-state index in [2.05, 4.69) is 28.2 Å². The molecule has 3 nitrogen and oxygen atoms in total. The van der Waals surface area contributed by atoms with Crippen LogP contribution >= 0.6 is 0 Å². The van der Waals surface area contributed by atoms with Crippen molar-refractivity contribution in [2.75, 3.05) is 0 Å². The molecule has 0 atom stereocenters. The largest absolute Gasteiger partial charge is 0.420 e. The van der Waals surface area contributed by atoms with E-state index in [-0.39, 0.29) is 0 Å². The van der Waals surface area contributed by atoms with Crippen LogP contribution in [0.25, 0.3) is 22.5 Å². The van der Waals surface area contributed by atoms with Gasteiger partial charge in [0.1, 0.15) is 5.76 Å². The van der Waals surface area contributed by atoms with Crippen molar-refractivity contribution in [2.24, 2.45) is 4.99 Å². The molecule has 0 fully saturated rings. The minimum Gasteiger partial charge on any atom is -0.420 e. The summed E-state index contributed by atoms with van der Waals surface area (Å²) in [6.45, 7) is 0. The molecule has 0 spiro atoms. The molecule has 0 unspecified atom stereocenters. The van der Waals surface area contributed by atoms with Crippen molar-refractivity contribution >= 4 is 5.82 Å². The maximum absolute atomic E-state index is 6.04. The van der Waals surface area contributed by atoms with E-state index in [9.17, 15) is 0 Å². The molecule has 2 aromatic carbocycles. The van der Waals surface area contributed by atoms with Crippen LogP contribution in [0.15, 0.2) is 107 Å². The molecule has 0 aliphatic rings. The molecule has 120 valence electrons. The molecule has 3 heteroatoms. The maximum atomic E-state index is 6.04. The van der Waals surface area contributed by atoms with E-state index in [4.69, 9.17) is 4.42 Å². The number of nitrogens with zero attached hydrogens (tertiary/aromatic N) is 1. The first kappa shape index (κ1) is 15.1. The lowest BCUT2D eigenvalue weighted by Gasteiger charge is -2.04. The zero-order valence-electron chi connectivity index (χ0n) is 13.6. The fraction of sp³-hybridized carbons (Fsp3) is 0. The molecule has 0 aliphatic heterocycles. The van der Waals surface area contributed by atoms with Crippen LogP contribution in [0, 0.1) is 0 Å². The van der Waals surface area contributed by atoms with Gasteiger partial charge in [0, 0.05) is 17.7 Å². The summed E-state index contributed by atoms with van der Waals surface area (Å²) in [5.41, 5.74) is 3.78. The average molecular weight is 325 g/mol. The first-order chi connectivity index (χ1) is 12.4. The van der Waals surface area contributed by atoms with Crippen LogP contribution in [0.1, 0.15) is 0 Å². The summed E-state index contributed by atoms with van der Waals surface area (Å²) >= 11 is 0. The van der Waals surface area contributed by atoms with E-state index in [0.29, 0.717) is 5.55 Å². The van der Waals surface area contributed by atoms with Gasteiger partial charge in [0.05, 0.1) is 6.20 Å². The molecule has 2 heterocycles. The van der Waals surface area contributed by atoms with E-state index < -0.39 is 0 Å². The Labute approximate surface area is 146 Å². The highest BCUT2D eigenvalue weighted by Crippen LogP contribution is 2.24. The Morgan fingerprint density at radius 1 is 0.640 bits per heavy atom. The lowest BCUT2D eigenvalue weighted by molar-refractivity contribution is -0.363. The average Bonchev–Trinajstić information content (AvgIpc) is 2.70. The zero-order valence-corrected chi connectivity index (χ0v) is 13.6. The molecule has 25 heavy (non-hydrogen) atoms. The van der Waals surface area contributed by atoms with Crippen molar-refractivity contribution in [3.8, 4) is 22.5 Å². The van der Waals surface area contributed by atoms with Gasteiger partial charge in [-0.1, -0.05) is 66.7 Å². The number of aromatic nitrogens is 1. The quantitative estimate of drug-likeness (QED) is 0.540. The van der Waals surface area contributed by atoms with Gasteiger partial charge in [-0.2, -0.15) is 0 Å². The summed E-state index contributed by atoms with van der Waals surface area (Å²) in [6, 6.07) is 30.1. The van der Waals surface area contributed by atoms with Crippen molar-refractivity contribution < 1.29 is 9.40 Å². The number of hydrogen-bond acceptors (Lipinski definition) is 2. The highest BCUT2D eigenvalue weighted by atomic mass is 16.3. The fourth-order valence-corrected chi connectivity index (χ4v) is 2.66. The van der Waals surface area contributed by atoms with Crippen molar-refractivity contribution in [1.29, 1.82) is 0 Å². The third-order valence-electron chi connectivity index (χ3n) is 3.87. The monoisotopic (exact) mass is 325 g/mol. The number of hydrogen-bond donors (Lipinski definition) is 0. The van der Waals surface area contributed by atoms with Crippen molar-refractivity contribution in [2.45, 2.75) is 0 Å². The Balaban J connectivity index is 1.91. The van der Waals surface area contributed by atoms with Gasteiger partial charge in [0.15, 0.2) is 0 Å². The minimum atomic E-state index is 0.558. The number of H-pyrrole nitrogens is 1. The highest BCUT2D eigenvalue weighted by molar-refractivity contribution is 5.68. The second-order valence-corrected chi connectivity index (χ2v) is 5.64. The molecular formula is C22H17N2O+. The Hall–Kier alpha value is -3.46. The summed E-state index contributed by atoms with van der Waals surface area (Å²) in [4.78, 5) is 7.70. The van der Waals surface area contributed by atoms with Gasteiger partial charge in [0.25, 0.3) is 0 Å². The molecule has 0 amide bonds. The predicted octanol–water partition coefficient (Wildman–Crippen LogP) is 4.66. The lowest BCUT2D eigenvalue weighted by Crippen LogP contribution is -2.06. The molecule has 0 radical (unpaired) electrons. The van der Waals surface area contributed by atoms with Gasteiger partial charge in [-0.15, -0.1) is 0 Å². The number of nitrogens with one attached hydrogen (secondary N) is 1. The van der Waals surface area contributed by atoms with Gasteiger partial charge >= 0.3 is 11.4 Å². The third-order valence-corrected chi connectivity index (χ3v) is 3.87. The van der Waals surface area contributed by atoms with Crippen LogP contribution in [-0.4, -0.2) is 0 Å². The van der Waals surface area contributed by atoms with E-state index in [1.165, 1.54) is 0 Å². The van der Waals surface area contributed by atoms with Gasteiger partial charge in [0.2, 0.25) is 0 Å². The van der Waals surface area contributed by atoms with Crippen molar-refractivity contribution in [1.82, 2.24) is 0 Å². The smallest absolute Gasteiger partial charge is 0.334 e. The number of aromatic amines is 1. The van der Waals surface area contributed by atoms with Crippen LogP contribution in [0.5, 0.6) is 0 Å². The number of benzene rings is 2. The van der Waals surface area contributed by atoms with Crippen LogP contribution in [-0.2, 0) is 0 Å². The Bertz CT molecular complexity index is 963. The summed E-state index contributed by atoms with van der Waals surface area (Å²) < 4.78 is 6.04. The van der Waals surface area contributed by atoms with Crippen molar-refractivity contribution in [3.05, 3.63) is 103 Å². The summed E-state index contributed by atoms with van der Waals surface area (Å²) in [5, 5.41) is 0. The first-order valence-electron chi connectivity index (χ1n) is 8.16. The molecular weight excluding hydrogens is 308 g/mol. The predicted molar refractivity (Wildman–Crippen MR) is 97.8 cm³/mol. The van der Waals surface area contributed by atoms with Gasteiger partial charge in [-0.3, -0.25) is 0 Å². The fourth-order valence-electron chi connectivity index (χ4n) is 2.66. The molecule has 4 aromatic rings. The van der Waals surface area contributed by atoms with Crippen LogP contribution in [0.2, 0.25) is 0 Å². The van der Waals surface area contributed by atoms with E-state index in [1.807, 2.05) is 79.0 Å². The molecule has 0 aliphatic carbocycles. The summed E-state index contributed by atoms with van der Waals surface area (Å²) in [5.74, 6) is 1.53. The van der Waals surface area contributed by atoms with Gasteiger partial charge in [-0.25, -0.2) is 4.98 Å². The maximum Gasteiger partial charge on any atom is 0.334 e. The highest BCUT2D eigenvalue weighted by Gasteiger charge is 2.08. The molecule has 1 N–H and O–H groups in total.